The van der Waals surface area contributed by atoms with Gasteiger partial charge in [0.15, 0.2) is 0 Å². The molecule has 0 aliphatic heterocycles. The van der Waals surface area contributed by atoms with Gasteiger partial charge in [-0.1, -0.05) is 0 Å². The van der Waals surface area contributed by atoms with E-state index in [2.05, 4.69) is 0 Å². The molecular weight excluding hydrogens is 154 g/mol. The molecule has 1 rings (SSSR count). The number of carbonyl (C=O) groups is 1. The van der Waals surface area contributed by atoms with Gasteiger partial charge in [-0.2, -0.15) is 0 Å². The van der Waals surface area contributed by atoms with E-state index < -0.39 is 0 Å². The molecule has 1 aliphatic carbocycles. The topological polar surface area (TPSA) is 52.3 Å². The third-order valence-corrected chi connectivity index (χ3v) is 2.16. The van der Waals surface area contributed by atoms with Crippen molar-refractivity contribution in [1.29, 1.82) is 0 Å². The molecular formula is C9H17NO2. The molecule has 0 aromatic heterocycles. The Morgan fingerprint density at radius 3 is 2.58 bits per heavy atom. The van der Waals surface area contributed by atoms with E-state index in [0.717, 1.165) is 19.3 Å². The van der Waals surface area contributed by atoms with E-state index in [-0.39, 0.29) is 24.0 Å². The molecule has 12 heavy (non-hydrogen) atoms. The van der Waals surface area contributed by atoms with Crippen molar-refractivity contribution in [2.45, 2.75) is 45.3 Å². The summed E-state index contributed by atoms with van der Waals surface area (Å²) in [7, 11) is 0. The van der Waals surface area contributed by atoms with E-state index in [1.165, 1.54) is 0 Å². The first kappa shape index (κ1) is 9.52. The van der Waals surface area contributed by atoms with Gasteiger partial charge in [0.2, 0.25) is 0 Å². The molecule has 0 heterocycles. The first-order chi connectivity index (χ1) is 5.59. The van der Waals surface area contributed by atoms with Crippen LogP contribution in [0.25, 0.3) is 0 Å². The Bertz CT molecular complexity index is 168. The summed E-state index contributed by atoms with van der Waals surface area (Å²) < 4.78 is 5.09. The van der Waals surface area contributed by atoms with Crippen LogP contribution in [0.5, 0.6) is 0 Å². The zero-order chi connectivity index (χ0) is 9.14. The fraction of sp³-hybridized carbons (Fsp3) is 0.889. The molecule has 0 bridgehead atoms. The number of esters is 1. The van der Waals surface area contributed by atoms with Crippen molar-refractivity contribution in [2.24, 2.45) is 11.7 Å². The molecule has 1 aliphatic rings. The minimum atomic E-state index is -0.0713. The predicted octanol–water partition coefficient (Wildman–Crippen LogP) is 1.07. The van der Waals surface area contributed by atoms with Crippen molar-refractivity contribution in [3.05, 3.63) is 0 Å². The molecule has 70 valence electrons. The maximum Gasteiger partial charge on any atom is 0.309 e. The average molecular weight is 171 g/mol. The van der Waals surface area contributed by atoms with Crippen molar-refractivity contribution in [2.75, 3.05) is 0 Å². The van der Waals surface area contributed by atoms with Crippen molar-refractivity contribution in [3.8, 4) is 0 Å². The lowest BCUT2D eigenvalue weighted by atomic mass is 10.1. The average Bonchev–Trinajstić information content (AvgIpc) is 2.34. The lowest BCUT2D eigenvalue weighted by Crippen LogP contribution is -2.21. The van der Waals surface area contributed by atoms with Crippen molar-refractivity contribution in [3.63, 3.8) is 0 Å². The van der Waals surface area contributed by atoms with Gasteiger partial charge in [0.25, 0.3) is 0 Å². The monoisotopic (exact) mass is 171 g/mol. The Hall–Kier alpha value is -0.570. The smallest absolute Gasteiger partial charge is 0.309 e. The van der Waals surface area contributed by atoms with E-state index in [1.54, 1.807) is 0 Å². The zero-order valence-corrected chi connectivity index (χ0v) is 7.75. The van der Waals surface area contributed by atoms with Gasteiger partial charge in [-0.3, -0.25) is 4.79 Å². The minimum Gasteiger partial charge on any atom is -0.463 e. The van der Waals surface area contributed by atoms with Crippen LogP contribution in [0.3, 0.4) is 0 Å². The van der Waals surface area contributed by atoms with Gasteiger partial charge in [0.05, 0.1) is 12.0 Å². The van der Waals surface area contributed by atoms with E-state index in [1.807, 2.05) is 13.8 Å². The summed E-state index contributed by atoms with van der Waals surface area (Å²) in [6.45, 7) is 3.74. The van der Waals surface area contributed by atoms with Crippen LogP contribution in [0.1, 0.15) is 33.1 Å². The van der Waals surface area contributed by atoms with Crippen LogP contribution in [-0.4, -0.2) is 18.1 Å². The molecule has 3 nitrogen and oxygen atoms in total. The third kappa shape index (κ3) is 2.48. The molecule has 0 spiro atoms. The Labute approximate surface area is 73.3 Å². The molecule has 0 aromatic rings. The third-order valence-electron chi connectivity index (χ3n) is 2.16. The zero-order valence-electron chi connectivity index (χ0n) is 7.75. The minimum absolute atomic E-state index is 0.00526. The second-order valence-corrected chi connectivity index (χ2v) is 3.76. The molecule has 3 heteroatoms. The lowest BCUT2D eigenvalue weighted by Gasteiger charge is -2.12. The summed E-state index contributed by atoms with van der Waals surface area (Å²) in [4.78, 5) is 11.3. The van der Waals surface area contributed by atoms with Gasteiger partial charge < -0.3 is 10.5 Å². The highest BCUT2D eigenvalue weighted by Gasteiger charge is 2.29. The van der Waals surface area contributed by atoms with Crippen LogP contribution in [0.4, 0.5) is 0 Å². The van der Waals surface area contributed by atoms with Crippen LogP contribution in [0, 0.1) is 5.92 Å². The first-order valence-corrected chi connectivity index (χ1v) is 4.55. The van der Waals surface area contributed by atoms with E-state index >= 15 is 0 Å². The Balaban J connectivity index is 2.33. The summed E-state index contributed by atoms with van der Waals surface area (Å²) >= 11 is 0. The van der Waals surface area contributed by atoms with E-state index in [9.17, 15) is 4.79 Å². The maximum absolute atomic E-state index is 11.3. The SMILES string of the molecule is CC(C)OC(=O)[C@@H]1CC[C@H](N)C1. The van der Waals surface area contributed by atoms with Crippen molar-refractivity contribution < 1.29 is 9.53 Å². The van der Waals surface area contributed by atoms with Gasteiger partial charge >= 0.3 is 5.97 Å². The predicted molar refractivity (Wildman–Crippen MR) is 46.5 cm³/mol. The molecule has 2 N–H and O–H groups in total. The number of hydrogen-bond donors (Lipinski definition) is 1. The Kier molecular flexibility index (Phi) is 3.09. The van der Waals surface area contributed by atoms with E-state index in [0.29, 0.717) is 0 Å². The van der Waals surface area contributed by atoms with E-state index in [4.69, 9.17) is 10.5 Å². The summed E-state index contributed by atoms with van der Waals surface area (Å²) in [5, 5.41) is 0. The van der Waals surface area contributed by atoms with Gasteiger partial charge in [-0.15, -0.1) is 0 Å². The summed E-state index contributed by atoms with van der Waals surface area (Å²) in [6.07, 6.45) is 2.64. The largest absolute Gasteiger partial charge is 0.463 e. The number of hydrogen-bond acceptors (Lipinski definition) is 3. The quantitative estimate of drug-likeness (QED) is 0.632. The molecule has 0 unspecified atom stereocenters. The van der Waals surface area contributed by atoms with Crippen LogP contribution >= 0.6 is 0 Å². The second kappa shape index (κ2) is 3.90. The maximum atomic E-state index is 11.3. The summed E-state index contributed by atoms with van der Waals surface area (Å²) in [5.41, 5.74) is 5.69. The van der Waals surface area contributed by atoms with Gasteiger partial charge in [-0.05, 0) is 33.1 Å². The number of rotatable bonds is 2. The normalized spacial score (nSPS) is 29.3. The van der Waals surface area contributed by atoms with Crippen LogP contribution in [0.2, 0.25) is 0 Å². The molecule has 2 atom stereocenters. The highest BCUT2D eigenvalue weighted by Crippen LogP contribution is 2.25. The number of ether oxygens (including phenoxy) is 1. The molecule has 1 saturated carbocycles. The lowest BCUT2D eigenvalue weighted by molar-refractivity contribution is -0.152. The molecule has 1 fully saturated rings. The summed E-state index contributed by atoms with van der Waals surface area (Å²) in [6, 6.07) is 0.203. The van der Waals surface area contributed by atoms with Crippen LogP contribution in [0.15, 0.2) is 0 Å². The molecule has 0 radical (unpaired) electrons. The highest BCUT2D eigenvalue weighted by atomic mass is 16.5. The molecule has 0 amide bonds. The summed E-state index contributed by atoms with van der Waals surface area (Å²) in [5.74, 6) is -0.0136. The van der Waals surface area contributed by atoms with Crippen molar-refractivity contribution >= 4 is 5.97 Å². The van der Waals surface area contributed by atoms with Crippen molar-refractivity contribution in [1.82, 2.24) is 0 Å². The molecule has 0 saturated heterocycles. The van der Waals surface area contributed by atoms with Gasteiger partial charge in [-0.25, -0.2) is 0 Å². The fourth-order valence-corrected chi connectivity index (χ4v) is 1.56. The fourth-order valence-electron chi connectivity index (χ4n) is 1.56. The Morgan fingerprint density at radius 1 is 1.50 bits per heavy atom. The molecule has 0 aromatic carbocycles. The van der Waals surface area contributed by atoms with Gasteiger partial charge in [0.1, 0.15) is 0 Å². The Morgan fingerprint density at radius 2 is 2.17 bits per heavy atom. The van der Waals surface area contributed by atoms with Crippen LogP contribution in [-0.2, 0) is 9.53 Å². The van der Waals surface area contributed by atoms with Gasteiger partial charge in [0, 0.05) is 6.04 Å². The standard InChI is InChI=1S/C9H17NO2/c1-6(2)12-9(11)7-3-4-8(10)5-7/h6-8H,3-5,10H2,1-2H3/t7-,8+/m1/s1. The first-order valence-electron chi connectivity index (χ1n) is 4.55. The second-order valence-electron chi connectivity index (χ2n) is 3.76. The number of carbonyl (C=O) groups excluding carboxylic acids is 1. The van der Waals surface area contributed by atoms with Crippen LogP contribution < -0.4 is 5.73 Å². The highest BCUT2D eigenvalue weighted by molar-refractivity contribution is 5.73. The number of nitrogens with two attached hydrogens (primary N) is 1.